The number of aromatic nitrogens is 2. The Morgan fingerprint density at radius 1 is 1.32 bits per heavy atom. The second-order valence-corrected chi connectivity index (χ2v) is 6.30. The molecular formula is C12H11N3O3S. The molecule has 0 saturated heterocycles. The summed E-state index contributed by atoms with van der Waals surface area (Å²) in [5.74, 6) is 0.277. The lowest BCUT2D eigenvalue weighted by molar-refractivity contribution is 0.380. The zero-order valence-corrected chi connectivity index (χ0v) is 11.0. The van der Waals surface area contributed by atoms with Gasteiger partial charge in [0.1, 0.15) is 5.75 Å². The van der Waals surface area contributed by atoms with Gasteiger partial charge in [-0.15, -0.1) is 0 Å². The fourth-order valence-corrected chi connectivity index (χ4v) is 2.11. The first-order valence-electron chi connectivity index (χ1n) is 5.44. The molecule has 0 bridgehead atoms. The highest BCUT2D eigenvalue weighted by molar-refractivity contribution is 7.89. The van der Waals surface area contributed by atoms with Crippen molar-refractivity contribution in [2.75, 3.05) is 6.26 Å². The molecule has 0 radical (unpaired) electrons. The molecule has 98 valence electrons. The molecule has 6 nitrogen and oxygen atoms in total. The second kappa shape index (κ2) is 5.20. The van der Waals surface area contributed by atoms with Crippen LogP contribution in [0.25, 0.3) is 0 Å². The van der Waals surface area contributed by atoms with Crippen LogP contribution in [0, 0.1) is 11.3 Å². The van der Waals surface area contributed by atoms with Gasteiger partial charge in [0, 0.05) is 6.26 Å². The third-order valence-corrected chi connectivity index (χ3v) is 3.12. The highest BCUT2D eigenvalue weighted by Crippen LogP contribution is 2.10. The second-order valence-electron chi connectivity index (χ2n) is 4.16. The average Bonchev–Trinajstić information content (AvgIpc) is 2.75. The Hall–Kier alpha value is -2.20. The van der Waals surface area contributed by atoms with Gasteiger partial charge in [-0.1, -0.05) is 17.3 Å². The quantitative estimate of drug-likeness (QED) is 0.829. The van der Waals surface area contributed by atoms with Gasteiger partial charge in [0.25, 0.3) is 0 Å². The van der Waals surface area contributed by atoms with E-state index in [0.29, 0.717) is 17.9 Å². The highest BCUT2D eigenvalue weighted by atomic mass is 32.2. The molecule has 0 fully saturated rings. The maximum absolute atomic E-state index is 11.1. The Labute approximate surface area is 110 Å². The standard InChI is InChI=1S/C12H11N3O3S/c1-19(16,17)8-11-14-12(18-15-11)6-9-2-4-10(7-13)5-3-9/h2-5H,6,8H2,1H3. The van der Waals surface area contributed by atoms with Crippen molar-refractivity contribution in [3.63, 3.8) is 0 Å². The highest BCUT2D eigenvalue weighted by Gasteiger charge is 2.12. The topological polar surface area (TPSA) is 96.9 Å². The molecule has 19 heavy (non-hydrogen) atoms. The van der Waals surface area contributed by atoms with Gasteiger partial charge < -0.3 is 4.52 Å². The summed E-state index contributed by atoms with van der Waals surface area (Å²) in [5.41, 5.74) is 1.49. The lowest BCUT2D eigenvalue weighted by Crippen LogP contribution is -2.02. The molecule has 2 aromatic rings. The van der Waals surface area contributed by atoms with Crippen LogP contribution >= 0.6 is 0 Å². The summed E-state index contributed by atoms with van der Waals surface area (Å²) < 4.78 is 27.2. The van der Waals surface area contributed by atoms with Crippen LogP contribution in [-0.4, -0.2) is 24.8 Å². The number of nitriles is 1. The van der Waals surface area contributed by atoms with Crippen LogP contribution < -0.4 is 0 Å². The van der Waals surface area contributed by atoms with Crippen LogP contribution in [0.3, 0.4) is 0 Å². The van der Waals surface area contributed by atoms with E-state index in [1.54, 1.807) is 24.3 Å². The predicted molar refractivity (Wildman–Crippen MR) is 66.8 cm³/mol. The lowest BCUT2D eigenvalue weighted by atomic mass is 10.1. The summed E-state index contributed by atoms with van der Waals surface area (Å²) in [7, 11) is -3.17. The third-order valence-electron chi connectivity index (χ3n) is 2.34. The molecular weight excluding hydrogens is 266 g/mol. The minimum Gasteiger partial charge on any atom is -0.339 e. The molecule has 0 aliphatic carbocycles. The van der Waals surface area contributed by atoms with Crippen LogP contribution in [0.2, 0.25) is 0 Å². The molecule has 2 rings (SSSR count). The van der Waals surface area contributed by atoms with Crippen LogP contribution in [0.1, 0.15) is 22.8 Å². The minimum absolute atomic E-state index is 0.158. The summed E-state index contributed by atoms with van der Waals surface area (Å²) in [5, 5.41) is 12.3. The van der Waals surface area contributed by atoms with E-state index in [0.717, 1.165) is 11.8 Å². The molecule has 0 spiro atoms. The number of nitrogens with zero attached hydrogens (tertiary/aromatic N) is 3. The van der Waals surface area contributed by atoms with Gasteiger partial charge in [-0.25, -0.2) is 8.42 Å². The number of hydrogen-bond donors (Lipinski definition) is 0. The van der Waals surface area contributed by atoms with Crippen LogP contribution in [0.15, 0.2) is 28.8 Å². The van der Waals surface area contributed by atoms with Crippen LogP contribution in [-0.2, 0) is 22.0 Å². The van der Waals surface area contributed by atoms with E-state index in [-0.39, 0.29) is 11.6 Å². The van der Waals surface area contributed by atoms with Crippen molar-refractivity contribution < 1.29 is 12.9 Å². The Kier molecular flexibility index (Phi) is 3.62. The predicted octanol–water partition coefficient (Wildman–Crippen LogP) is 1.08. The van der Waals surface area contributed by atoms with Crippen molar-refractivity contribution in [2.45, 2.75) is 12.2 Å². The largest absolute Gasteiger partial charge is 0.339 e. The summed E-state index contributed by atoms with van der Waals surface area (Å²) >= 11 is 0. The van der Waals surface area contributed by atoms with E-state index >= 15 is 0 Å². The smallest absolute Gasteiger partial charge is 0.231 e. The molecule has 0 N–H and O–H groups in total. The SMILES string of the molecule is CS(=O)(=O)Cc1noc(Cc2ccc(C#N)cc2)n1. The molecule has 1 aromatic carbocycles. The average molecular weight is 277 g/mol. The van der Waals surface area contributed by atoms with E-state index in [1.165, 1.54) is 0 Å². The van der Waals surface area contributed by atoms with Crippen molar-refractivity contribution in [1.82, 2.24) is 10.1 Å². The van der Waals surface area contributed by atoms with E-state index < -0.39 is 9.84 Å². The molecule has 0 amide bonds. The van der Waals surface area contributed by atoms with Gasteiger partial charge in [0.15, 0.2) is 15.7 Å². The van der Waals surface area contributed by atoms with Crippen molar-refractivity contribution >= 4 is 9.84 Å². The molecule has 1 heterocycles. The monoisotopic (exact) mass is 277 g/mol. The summed E-state index contributed by atoms with van der Waals surface area (Å²) in [6.45, 7) is 0. The maximum atomic E-state index is 11.1. The van der Waals surface area contributed by atoms with Crippen molar-refractivity contribution in [2.24, 2.45) is 0 Å². The Bertz CT molecular complexity index is 711. The molecule has 0 unspecified atom stereocenters. The minimum atomic E-state index is -3.17. The normalized spacial score (nSPS) is 11.2. The number of hydrogen-bond acceptors (Lipinski definition) is 6. The van der Waals surface area contributed by atoms with Gasteiger partial charge in [-0.3, -0.25) is 0 Å². The fraction of sp³-hybridized carbons (Fsp3) is 0.250. The van der Waals surface area contributed by atoms with Gasteiger partial charge >= 0.3 is 0 Å². The van der Waals surface area contributed by atoms with Crippen LogP contribution in [0.4, 0.5) is 0 Å². The molecule has 0 aliphatic rings. The van der Waals surface area contributed by atoms with E-state index in [1.807, 2.05) is 6.07 Å². The van der Waals surface area contributed by atoms with E-state index in [2.05, 4.69) is 10.1 Å². The van der Waals surface area contributed by atoms with Crippen LogP contribution in [0.5, 0.6) is 0 Å². The van der Waals surface area contributed by atoms with Gasteiger partial charge in [-0.05, 0) is 17.7 Å². The number of rotatable bonds is 4. The van der Waals surface area contributed by atoms with Gasteiger partial charge in [0.2, 0.25) is 5.89 Å². The van der Waals surface area contributed by atoms with Crippen molar-refractivity contribution in [3.05, 3.63) is 47.1 Å². The first-order chi connectivity index (χ1) is 8.96. The molecule has 1 aromatic heterocycles. The molecule has 0 saturated carbocycles. The molecule has 0 aliphatic heterocycles. The number of benzene rings is 1. The Morgan fingerprint density at radius 2 is 2.00 bits per heavy atom. The fourth-order valence-electron chi connectivity index (χ4n) is 1.53. The first-order valence-corrected chi connectivity index (χ1v) is 7.50. The first kappa shape index (κ1) is 13.2. The van der Waals surface area contributed by atoms with Crippen molar-refractivity contribution in [3.8, 4) is 6.07 Å². The third kappa shape index (κ3) is 3.89. The zero-order chi connectivity index (χ0) is 13.9. The van der Waals surface area contributed by atoms with Gasteiger partial charge in [0.05, 0.1) is 18.1 Å². The maximum Gasteiger partial charge on any atom is 0.231 e. The van der Waals surface area contributed by atoms with E-state index in [9.17, 15) is 8.42 Å². The Morgan fingerprint density at radius 3 is 2.58 bits per heavy atom. The Balaban J connectivity index is 2.09. The zero-order valence-electron chi connectivity index (χ0n) is 10.2. The number of sulfone groups is 1. The van der Waals surface area contributed by atoms with Gasteiger partial charge in [-0.2, -0.15) is 10.2 Å². The summed E-state index contributed by atoms with van der Waals surface area (Å²) in [4.78, 5) is 4.01. The van der Waals surface area contributed by atoms with E-state index in [4.69, 9.17) is 9.78 Å². The molecule has 7 heteroatoms. The van der Waals surface area contributed by atoms with Crippen molar-refractivity contribution in [1.29, 1.82) is 5.26 Å². The lowest BCUT2D eigenvalue weighted by Gasteiger charge is -1.95. The molecule has 0 atom stereocenters. The summed E-state index contributed by atoms with van der Waals surface area (Å²) in [6.07, 6.45) is 1.52. The summed E-state index contributed by atoms with van der Waals surface area (Å²) in [6, 6.07) is 9.01.